The summed E-state index contributed by atoms with van der Waals surface area (Å²) in [5.41, 5.74) is 11.2. The van der Waals surface area contributed by atoms with E-state index in [0.29, 0.717) is 29.9 Å². The number of amides is 1. The van der Waals surface area contributed by atoms with Crippen LogP contribution in [0, 0.1) is 0 Å². The molecule has 0 fully saturated rings. The quantitative estimate of drug-likeness (QED) is 0.222. The van der Waals surface area contributed by atoms with E-state index >= 15 is 0 Å². The smallest absolute Gasteiger partial charge is 0.307 e. The first-order valence-electron chi connectivity index (χ1n) is 13.5. The third kappa shape index (κ3) is 6.74. The normalized spacial score (nSPS) is 14.8. The highest BCUT2D eigenvalue weighted by atomic mass is 16.5. The van der Waals surface area contributed by atoms with Crippen LogP contribution in [0.4, 0.5) is 0 Å². The first kappa shape index (κ1) is 27.9. The van der Waals surface area contributed by atoms with Crippen LogP contribution in [0.2, 0.25) is 0 Å². The van der Waals surface area contributed by atoms with Crippen LogP contribution in [0.5, 0.6) is 11.5 Å². The van der Waals surface area contributed by atoms with Gasteiger partial charge in [0, 0.05) is 23.1 Å². The van der Waals surface area contributed by atoms with Gasteiger partial charge in [-0.25, -0.2) is 0 Å². The van der Waals surface area contributed by atoms with Crippen LogP contribution in [0.15, 0.2) is 91.0 Å². The van der Waals surface area contributed by atoms with Crippen LogP contribution in [0.3, 0.4) is 0 Å². The molecule has 0 aliphatic carbocycles. The van der Waals surface area contributed by atoms with Gasteiger partial charge in [0.05, 0.1) is 31.7 Å². The first-order chi connectivity index (χ1) is 19.9. The molecule has 1 aliphatic heterocycles. The summed E-state index contributed by atoms with van der Waals surface area (Å²) in [4.78, 5) is 24.9. The second kappa shape index (κ2) is 12.7. The Kier molecular flexibility index (Phi) is 8.62. The summed E-state index contributed by atoms with van der Waals surface area (Å²) in [5, 5.41) is 22.0. The van der Waals surface area contributed by atoms with Crippen molar-refractivity contribution in [2.75, 3.05) is 13.2 Å². The molecule has 8 nitrogen and oxygen atoms in total. The second-order valence-electron chi connectivity index (χ2n) is 10.0. The van der Waals surface area contributed by atoms with Gasteiger partial charge in [0.2, 0.25) is 0 Å². The fourth-order valence-electron chi connectivity index (χ4n) is 4.98. The molecule has 0 saturated heterocycles. The number of nitrogens with one attached hydrogen (secondary N) is 1. The number of carbonyl (C=O) groups excluding carboxylic acids is 1. The van der Waals surface area contributed by atoms with Crippen molar-refractivity contribution in [1.82, 2.24) is 5.32 Å². The molecule has 0 aromatic heterocycles. The molecule has 4 aromatic rings. The Balaban J connectivity index is 1.47. The van der Waals surface area contributed by atoms with Crippen molar-refractivity contribution in [3.8, 4) is 22.6 Å². The highest BCUT2D eigenvalue weighted by Gasteiger charge is 2.23. The molecule has 2 unspecified atom stereocenters. The van der Waals surface area contributed by atoms with Crippen molar-refractivity contribution in [3.63, 3.8) is 0 Å². The molecule has 5 rings (SSSR count). The van der Waals surface area contributed by atoms with Crippen molar-refractivity contribution in [2.45, 2.75) is 31.5 Å². The Morgan fingerprint density at radius 2 is 1.78 bits per heavy atom. The van der Waals surface area contributed by atoms with Gasteiger partial charge in [-0.1, -0.05) is 54.6 Å². The van der Waals surface area contributed by atoms with Crippen LogP contribution < -0.4 is 20.5 Å². The van der Waals surface area contributed by atoms with Gasteiger partial charge in [0.15, 0.2) is 0 Å². The van der Waals surface area contributed by atoms with Gasteiger partial charge in [0.1, 0.15) is 18.1 Å². The fourth-order valence-corrected chi connectivity index (χ4v) is 4.98. The summed E-state index contributed by atoms with van der Waals surface area (Å²) in [7, 11) is 0. The molecule has 0 radical (unpaired) electrons. The SMILES string of the molecule is NC(CO)c1cccc(-c2cc(COc3ccccc3CC(=O)O)cc(C(=O)NC3CCOc4ccccc43)c2)c1. The first-order valence-corrected chi connectivity index (χ1v) is 13.5. The zero-order valence-electron chi connectivity index (χ0n) is 22.5. The van der Waals surface area contributed by atoms with E-state index in [9.17, 15) is 19.8 Å². The van der Waals surface area contributed by atoms with Gasteiger partial charge in [-0.15, -0.1) is 0 Å². The van der Waals surface area contributed by atoms with Crippen molar-refractivity contribution >= 4 is 11.9 Å². The number of fused-ring (bicyclic) bond motifs is 1. The number of carboxylic acid groups (broad SMARTS) is 1. The zero-order valence-corrected chi connectivity index (χ0v) is 22.5. The zero-order chi connectivity index (χ0) is 28.8. The Hall–Kier alpha value is -4.66. The average molecular weight is 553 g/mol. The maximum Gasteiger partial charge on any atom is 0.307 e. The van der Waals surface area contributed by atoms with E-state index < -0.39 is 12.0 Å². The molecular weight excluding hydrogens is 520 g/mol. The monoisotopic (exact) mass is 552 g/mol. The Labute approximate surface area is 238 Å². The lowest BCUT2D eigenvalue weighted by molar-refractivity contribution is -0.136. The third-order valence-corrected chi connectivity index (χ3v) is 7.07. The van der Waals surface area contributed by atoms with Crippen LogP contribution in [-0.4, -0.2) is 35.3 Å². The number of hydrogen-bond donors (Lipinski definition) is 4. The van der Waals surface area contributed by atoms with E-state index in [4.69, 9.17) is 15.2 Å². The van der Waals surface area contributed by atoms with Crippen LogP contribution in [-0.2, 0) is 17.8 Å². The number of aliphatic hydroxyl groups is 1. The third-order valence-electron chi connectivity index (χ3n) is 7.07. The molecule has 0 spiro atoms. The van der Waals surface area contributed by atoms with Crippen LogP contribution >= 0.6 is 0 Å². The van der Waals surface area contributed by atoms with E-state index in [1.54, 1.807) is 30.3 Å². The Morgan fingerprint density at radius 1 is 0.976 bits per heavy atom. The lowest BCUT2D eigenvalue weighted by atomic mass is 9.96. The largest absolute Gasteiger partial charge is 0.493 e. The molecule has 8 heteroatoms. The molecule has 41 heavy (non-hydrogen) atoms. The molecule has 1 amide bonds. The standard InChI is InChI=1S/C33H32N2O6/c34-28(19-36)23-8-5-7-22(16-23)25-14-21(20-41-30-10-3-1-6-24(30)18-32(37)38)15-26(17-25)33(39)35-29-12-13-40-31-11-4-2-9-27(29)31/h1-11,14-17,28-29,36H,12-13,18-20,34H2,(H,35,39)(H,37,38). The number of benzene rings is 4. The fraction of sp³-hybridized carbons (Fsp3) is 0.212. The maximum absolute atomic E-state index is 13.6. The van der Waals surface area contributed by atoms with Gasteiger partial charge in [-0.05, 0) is 58.7 Å². The summed E-state index contributed by atoms with van der Waals surface area (Å²) < 4.78 is 11.8. The highest BCUT2D eigenvalue weighted by Crippen LogP contribution is 2.32. The summed E-state index contributed by atoms with van der Waals surface area (Å²) in [6.07, 6.45) is 0.494. The molecule has 4 aromatic carbocycles. The number of nitrogens with two attached hydrogens (primary N) is 1. The molecule has 1 aliphatic rings. The predicted molar refractivity (Wildman–Crippen MR) is 155 cm³/mol. The van der Waals surface area contributed by atoms with Crippen LogP contribution in [0.25, 0.3) is 11.1 Å². The number of carbonyl (C=O) groups is 2. The maximum atomic E-state index is 13.6. The van der Waals surface area contributed by atoms with Crippen molar-refractivity contribution in [1.29, 1.82) is 0 Å². The topological polar surface area (TPSA) is 131 Å². The molecule has 210 valence electrons. The predicted octanol–water partition coefficient (Wildman–Crippen LogP) is 4.81. The molecule has 1 heterocycles. The van der Waals surface area contributed by atoms with E-state index in [-0.39, 0.29) is 31.6 Å². The molecule has 0 bridgehead atoms. The van der Waals surface area contributed by atoms with Gasteiger partial charge >= 0.3 is 5.97 Å². The number of carboxylic acids is 1. The summed E-state index contributed by atoms with van der Waals surface area (Å²) in [6, 6.07) is 27.1. The van der Waals surface area contributed by atoms with E-state index in [1.807, 2.05) is 60.7 Å². The van der Waals surface area contributed by atoms with Gasteiger partial charge in [0.25, 0.3) is 5.91 Å². The van der Waals surface area contributed by atoms with Crippen LogP contribution in [0.1, 0.15) is 51.1 Å². The minimum atomic E-state index is -0.947. The summed E-state index contributed by atoms with van der Waals surface area (Å²) in [6.45, 7) is 0.447. The van der Waals surface area contributed by atoms with Gasteiger partial charge < -0.3 is 30.7 Å². The number of hydrogen-bond acceptors (Lipinski definition) is 6. The Bertz CT molecular complexity index is 1550. The van der Waals surface area contributed by atoms with Crippen molar-refractivity contribution < 1.29 is 29.3 Å². The van der Waals surface area contributed by atoms with Gasteiger partial charge in [-0.3, -0.25) is 9.59 Å². The lowest BCUT2D eigenvalue weighted by Crippen LogP contribution is -2.32. The minimum absolute atomic E-state index is 0.126. The van der Waals surface area contributed by atoms with E-state index in [2.05, 4.69) is 5.32 Å². The number of rotatable bonds is 10. The Morgan fingerprint density at radius 3 is 2.61 bits per heavy atom. The highest BCUT2D eigenvalue weighted by molar-refractivity contribution is 5.96. The minimum Gasteiger partial charge on any atom is -0.493 e. The van der Waals surface area contributed by atoms with Gasteiger partial charge in [-0.2, -0.15) is 0 Å². The van der Waals surface area contributed by atoms with Crippen molar-refractivity contribution in [3.05, 3.63) is 119 Å². The summed E-state index contributed by atoms with van der Waals surface area (Å²) >= 11 is 0. The number of aliphatic hydroxyl groups excluding tert-OH is 1. The number of ether oxygens (including phenoxy) is 2. The second-order valence-corrected chi connectivity index (χ2v) is 10.0. The lowest BCUT2D eigenvalue weighted by Gasteiger charge is -2.26. The number of aliphatic carboxylic acids is 1. The molecular formula is C33H32N2O6. The van der Waals surface area contributed by atoms with Crippen molar-refractivity contribution in [2.24, 2.45) is 5.73 Å². The number of para-hydroxylation sites is 2. The van der Waals surface area contributed by atoms with E-state index in [0.717, 1.165) is 33.6 Å². The average Bonchev–Trinajstić information content (AvgIpc) is 3.00. The van der Waals surface area contributed by atoms with E-state index in [1.165, 1.54) is 0 Å². The molecule has 2 atom stereocenters. The molecule has 5 N–H and O–H groups in total. The molecule has 0 saturated carbocycles. The summed E-state index contributed by atoms with van der Waals surface area (Å²) in [5.74, 6) is 0.0620.